The van der Waals surface area contributed by atoms with Crippen LogP contribution in [-0.2, 0) is 0 Å². The molecule has 0 bridgehead atoms. The lowest BCUT2D eigenvalue weighted by molar-refractivity contribution is 1.45. The molecule has 76 valence electrons. The molecule has 2 rings (SSSR count). The van der Waals surface area contributed by atoms with E-state index in [2.05, 4.69) is 83.4 Å². The summed E-state index contributed by atoms with van der Waals surface area (Å²) < 4.78 is 1.25. The normalized spacial score (nSPS) is 10.0. The number of rotatable bonds is 2. The molecule has 0 radical (unpaired) electrons. The summed E-state index contributed by atoms with van der Waals surface area (Å²) in [6.07, 6.45) is 0. The first-order valence-corrected chi connectivity index (χ1v) is 5.91. The molecule has 0 saturated carbocycles. The van der Waals surface area contributed by atoms with E-state index in [9.17, 15) is 0 Å². The maximum atomic E-state index is 3.36. The van der Waals surface area contributed by atoms with Gasteiger partial charge in [-0.1, -0.05) is 17.7 Å². The number of benzene rings is 2. The first-order chi connectivity index (χ1) is 7.24. The molecular weight excluding hydrogens is 297 g/mol. The van der Waals surface area contributed by atoms with E-state index in [4.69, 9.17) is 0 Å². The van der Waals surface area contributed by atoms with Gasteiger partial charge in [0.25, 0.3) is 0 Å². The summed E-state index contributed by atoms with van der Waals surface area (Å²) in [4.78, 5) is 0. The average Bonchev–Trinajstić information content (AvgIpc) is 2.25. The monoisotopic (exact) mass is 309 g/mol. The first kappa shape index (κ1) is 10.5. The second-order valence-corrected chi connectivity index (χ2v) is 4.74. The summed E-state index contributed by atoms with van der Waals surface area (Å²) in [5.74, 6) is 0. The predicted octanol–water partition coefficient (Wildman–Crippen LogP) is 4.34. The quantitative estimate of drug-likeness (QED) is 0.814. The highest BCUT2D eigenvalue weighted by atomic mass is 127. The molecule has 0 aliphatic heterocycles. The van der Waals surface area contributed by atoms with Gasteiger partial charge in [-0.25, -0.2) is 0 Å². The van der Waals surface area contributed by atoms with Crippen molar-refractivity contribution in [3.05, 3.63) is 57.7 Å². The fourth-order valence-corrected chi connectivity index (χ4v) is 1.70. The molecule has 0 saturated heterocycles. The van der Waals surface area contributed by atoms with Gasteiger partial charge < -0.3 is 5.32 Å². The first-order valence-electron chi connectivity index (χ1n) is 4.83. The second kappa shape index (κ2) is 4.66. The lowest BCUT2D eigenvalue weighted by Gasteiger charge is -2.06. The van der Waals surface area contributed by atoms with E-state index in [0.717, 1.165) is 11.4 Å². The van der Waals surface area contributed by atoms with Crippen LogP contribution in [0.2, 0.25) is 0 Å². The lowest BCUT2D eigenvalue weighted by Crippen LogP contribution is -1.89. The molecule has 1 nitrogen and oxygen atoms in total. The van der Waals surface area contributed by atoms with Gasteiger partial charge in [0.1, 0.15) is 0 Å². The smallest absolute Gasteiger partial charge is 0.0384 e. The van der Waals surface area contributed by atoms with Gasteiger partial charge in [0, 0.05) is 14.9 Å². The molecule has 0 atom stereocenters. The van der Waals surface area contributed by atoms with Crippen LogP contribution in [-0.4, -0.2) is 0 Å². The van der Waals surface area contributed by atoms with Crippen LogP contribution in [0.25, 0.3) is 0 Å². The Morgan fingerprint density at radius 1 is 0.800 bits per heavy atom. The predicted molar refractivity (Wildman–Crippen MR) is 73.6 cm³/mol. The fourth-order valence-electron chi connectivity index (χ4n) is 1.34. The number of anilines is 2. The van der Waals surface area contributed by atoms with Gasteiger partial charge in [-0.05, 0) is 65.9 Å². The van der Waals surface area contributed by atoms with Crippen LogP contribution < -0.4 is 5.32 Å². The third-order valence-electron chi connectivity index (χ3n) is 2.18. The van der Waals surface area contributed by atoms with E-state index in [1.165, 1.54) is 9.13 Å². The third kappa shape index (κ3) is 2.96. The number of hydrogen-bond donors (Lipinski definition) is 1. The van der Waals surface area contributed by atoms with E-state index in [1.54, 1.807) is 0 Å². The van der Waals surface area contributed by atoms with Crippen molar-refractivity contribution in [2.45, 2.75) is 6.92 Å². The summed E-state index contributed by atoms with van der Waals surface area (Å²) in [6, 6.07) is 16.8. The Balaban J connectivity index is 2.15. The maximum Gasteiger partial charge on any atom is 0.0384 e. The summed E-state index contributed by atoms with van der Waals surface area (Å²) >= 11 is 2.30. The molecule has 2 aromatic rings. The minimum absolute atomic E-state index is 1.12. The van der Waals surface area contributed by atoms with Crippen LogP contribution >= 0.6 is 22.6 Å². The van der Waals surface area contributed by atoms with Gasteiger partial charge in [-0.3, -0.25) is 0 Å². The molecule has 0 fully saturated rings. The second-order valence-electron chi connectivity index (χ2n) is 3.50. The minimum atomic E-state index is 1.12. The molecule has 0 aliphatic carbocycles. The average molecular weight is 309 g/mol. The summed E-state index contributed by atoms with van der Waals surface area (Å²) in [6.45, 7) is 2.09. The van der Waals surface area contributed by atoms with E-state index in [-0.39, 0.29) is 0 Å². The maximum absolute atomic E-state index is 3.36. The molecule has 0 heterocycles. The van der Waals surface area contributed by atoms with Gasteiger partial charge in [0.2, 0.25) is 0 Å². The molecule has 0 spiro atoms. The molecule has 2 heteroatoms. The number of halogens is 1. The van der Waals surface area contributed by atoms with E-state index < -0.39 is 0 Å². The topological polar surface area (TPSA) is 12.0 Å². The minimum Gasteiger partial charge on any atom is -0.356 e. The van der Waals surface area contributed by atoms with E-state index in [0.29, 0.717) is 0 Å². The Labute approximate surface area is 104 Å². The Bertz CT molecular complexity index is 388. The number of hydrogen-bond acceptors (Lipinski definition) is 1. The van der Waals surface area contributed by atoms with Crippen LogP contribution in [0.3, 0.4) is 0 Å². The van der Waals surface area contributed by atoms with E-state index >= 15 is 0 Å². The SMILES string of the molecule is Cc1ccc(Nc2ccc(I)cc2)cc1. The van der Waals surface area contributed by atoms with Crippen LogP contribution in [0.5, 0.6) is 0 Å². The van der Waals surface area contributed by atoms with Gasteiger partial charge in [-0.2, -0.15) is 0 Å². The van der Waals surface area contributed by atoms with Gasteiger partial charge in [0.05, 0.1) is 0 Å². The van der Waals surface area contributed by atoms with Crippen molar-refractivity contribution in [3.8, 4) is 0 Å². The highest BCUT2D eigenvalue weighted by Crippen LogP contribution is 2.17. The Kier molecular flexibility index (Phi) is 3.26. The van der Waals surface area contributed by atoms with Crippen LogP contribution in [0.4, 0.5) is 11.4 Å². The molecule has 0 amide bonds. The molecule has 0 unspecified atom stereocenters. The van der Waals surface area contributed by atoms with Crippen LogP contribution in [0, 0.1) is 10.5 Å². The largest absolute Gasteiger partial charge is 0.356 e. The van der Waals surface area contributed by atoms with Gasteiger partial charge >= 0.3 is 0 Å². The standard InChI is InChI=1S/C13H12IN/c1-10-2-6-12(7-3-10)15-13-8-4-11(14)5-9-13/h2-9,15H,1H3. The fraction of sp³-hybridized carbons (Fsp3) is 0.0769. The van der Waals surface area contributed by atoms with Crippen molar-refractivity contribution >= 4 is 34.0 Å². The van der Waals surface area contributed by atoms with Crippen molar-refractivity contribution in [1.29, 1.82) is 0 Å². The Morgan fingerprint density at radius 3 is 1.80 bits per heavy atom. The van der Waals surface area contributed by atoms with Crippen molar-refractivity contribution in [2.24, 2.45) is 0 Å². The number of aryl methyl sites for hydroxylation is 1. The molecule has 0 aliphatic rings. The third-order valence-corrected chi connectivity index (χ3v) is 2.90. The van der Waals surface area contributed by atoms with Gasteiger partial charge in [0.15, 0.2) is 0 Å². The van der Waals surface area contributed by atoms with E-state index in [1.807, 2.05) is 0 Å². The zero-order chi connectivity index (χ0) is 10.7. The molecular formula is C13H12IN. The lowest BCUT2D eigenvalue weighted by atomic mass is 10.2. The van der Waals surface area contributed by atoms with Crippen LogP contribution in [0.1, 0.15) is 5.56 Å². The zero-order valence-electron chi connectivity index (χ0n) is 8.50. The van der Waals surface area contributed by atoms with Crippen molar-refractivity contribution < 1.29 is 0 Å². The van der Waals surface area contributed by atoms with Gasteiger partial charge in [-0.15, -0.1) is 0 Å². The Morgan fingerprint density at radius 2 is 1.27 bits per heavy atom. The molecule has 0 aromatic heterocycles. The molecule has 2 aromatic carbocycles. The van der Waals surface area contributed by atoms with Crippen molar-refractivity contribution in [2.75, 3.05) is 5.32 Å². The summed E-state index contributed by atoms with van der Waals surface area (Å²) in [5.41, 5.74) is 3.53. The molecule has 1 N–H and O–H groups in total. The highest BCUT2D eigenvalue weighted by Gasteiger charge is 1.93. The Hall–Kier alpha value is -1.03. The zero-order valence-corrected chi connectivity index (χ0v) is 10.7. The van der Waals surface area contributed by atoms with Crippen LogP contribution in [0.15, 0.2) is 48.5 Å². The molecule has 15 heavy (non-hydrogen) atoms. The van der Waals surface area contributed by atoms with Crippen molar-refractivity contribution in [1.82, 2.24) is 0 Å². The number of nitrogens with one attached hydrogen (secondary N) is 1. The summed E-state index contributed by atoms with van der Waals surface area (Å²) in [5, 5.41) is 3.36. The highest BCUT2D eigenvalue weighted by molar-refractivity contribution is 14.1. The summed E-state index contributed by atoms with van der Waals surface area (Å²) in [7, 11) is 0. The van der Waals surface area contributed by atoms with Crippen molar-refractivity contribution in [3.63, 3.8) is 0 Å².